The van der Waals surface area contributed by atoms with Gasteiger partial charge in [-0.05, 0) is 152 Å². The fourth-order valence-electron chi connectivity index (χ4n) is 15.4. The number of hydrogen-bond donors (Lipinski definition) is 3. The lowest BCUT2D eigenvalue weighted by molar-refractivity contribution is -0.221. The number of pyridine rings is 1. The molecule has 2 heterocycles. The van der Waals surface area contributed by atoms with Crippen LogP contribution < -0.4 is 15.8 Å². The number of hydrogen-bond acceptors (Lipinski definition) is 8. The number of rotatable bonds is 11. The largest absolute Gasteiger partial charge is 0.481 e. The van der Waals surface area contributed by atoms with Crippen molar-refractivity contribution in [3.8, 4) is 5.88 Å². The molecule has 5 fully saturated rings. The lowest BCUT2D eigenvalue weighted by Gasteiger charge is -2.72. The summed E-state index contributed by atoms with van der Waals surface area (Å²) in [7, 11) is -2.88. The maximum atomic E-state index is 12.8. The number of amides is 1. The van der Waals surface area contributed by atoms with Crippen LogP contribution in [0.1, 0.15) is 129 Å². The average molecular weight is 845 g/mol. The molecule has 60 heavy (non-hydrogen) atoms. The van der Waals surface area contributed by atoms with Crippen molar-refractivity contribution < 1.29 is 27.9 Å². The van der Waals surface area contributed by atoms with Crippen LogP contribution >= 0.6 is 0 Å². The molecule has 0 spiro atoms. The minimum absolute atomic E-state index is 0.0253. The number of aliphatic carboxylic acids is 1. The van der Waals surface area contributed by atoms with E-state index in [1.165, 1.54) is 86.4 Å². The van der Waals surface area contributed by atoms with Gasteiger partial charge in [-0.2, -0.15) is 0 Å². The van der Waals surface area contributed by atoms with Crippen LogP contribution in [0.5, 0.6) is 5.88 Å². The summed E-state index contributed by atoms with van der Waals surface area (Å²) in [6.45, 7) is 22.9. The summed E-state index contributed by atoms with van der Waals surface area (Å²) in [6, 6.07) is 2.99. The molecule has 10 nitrogen and oxygen atoms in total. The molecule has 0 radical (unpaired) electrons. The summed E-state index contributed by atoms with van der Waals surface area (Å²) in [4.78, 5) is 31.1. The fraction of sp³-hybridized carbons (Fsp3) is 0.735. The summed E-state index contributed by atoms with van der Waals surface area (Å²) >= 11 is 0. The van der Waals surface area contributed by atoms with Gasteiger partial charge < -0.3 is 25.8 Å². The Hall–Kier alpha value is -3.02. The van der Waals surface area contributed by atoms with Gasteiger partial charge in [-0.15, -0.1) is 0 Å². The first-order valence-corrected chi connectivity index (χ1v) is 24.9. The number of carboxylic acids is 1. The minimum atomic E-state index is -2.88. The smallest absolute Gasteiger partial charge is 0.313 e. The van der Waals surface area contributed by atoms with Crippen LogP contribution in [-0.4, -0.2) is 85.1 Å². The van der Waals surface area contributed by atoms with Crippen molar-refractivity contribution in [1.82, 2.24) is 15.2 Å². The molecular formula is C49H72N4O6S. The Morgan fingerprint density at radius 1 is 0.967 bits per heavy atom. The van der Waals surface area contributed by atoms with Crippen molar-refractivity contribution in [2.75, 3.05) is 44.3 Å². The Bertz CT molecular complexity index is 2070. The molecule has 6 aliphatic carbocycles. The van der Waals surface area contributed by atoms with Crippen LogP contribution in [0.3, 0.4) is 0 Å². The molecule has 1 amide bonds. The van der Waals surface area contributed by atoms with E-state index in [2.05, 4.69) is 75.5 Å². The third-order valence-electron chi connectivity index (χ3n) is 18.9. The normalized spacial score (nSPS) is 40.7. The molecule has 4 saturated carbocycles. The fourth-order valence-corrected chi connectivity index (χ4v) is 16.7. The summed E-state index contributed by atoms with van der Waals surface area (Å²) < 4.78 is 30.1. The highest BCUT2D eigenvalue weighted by Crippen LogP contribution is 2.76. The zero-order valence-corrected chi connectivity index (χ0v) is 38.1. The molecule has 8 rings (SSSR count). The van der Waals surface area contributed by atoms with Gasteiger partial charge in [0.15, 0.2) is 9.84 Å². The molecule has 0 bridgehead atoms. The van der Waals surface area contributed by atoms with Crippen LogP contribution in [0, 0.1) is 56.7 Å². The molecular weight excluding hydrogens is 773 g/mol. The molecule has 1 unspecified atom stereocenters. The standard InChI is InChI=1S/C49H72N4O6S/c1-32(2)35-12-20-49(52-24-25-53-26-28-60(57,58)29-27-53)22-21-46(6)37(41(35)49)8-9-39-45(5)16-13-36(44(3,4)38(45)14-17-47(39,46)7)33-10-18-48(19-11-33,43(55)56)31-59-40-30-34(42(50)54)15-23-51-40/h10,13,15,23,30,35,37-39,41,52H,1,8-9,11-12,14,16-22,24-29,31H2,2-7H3,(H2,50,54)(H,55,56)/t35?,37-,38+,39-,41-,45+,46-,47-,48-,49+/m1/s1. The second kappa shape index (κ2) is 15.4. The third kappa shape index (κ3) is 7.03. The van der Waals surface area contributed by atoms with Crippen molar-refractivity contribution in [3.05, 3.63) is 59.3 Å². The number of allylic oxidation sites excluding steroid dienone is 5. The van der Waals surface area contributed by atoms with Gasteiger partial charge in [-0.25, -0.2) is 13.4 Å². The number of sulfone groups is 1. The number of nitrogens with two attached hydrogens (primary N) is 1. The molecule has 4 N–H and O–H groups in total. The highest BCUT2D eigenvalue weighted by atomic mass is 32.2. The molecule has 330 valence electrons. The van der Waals surface area contributed by atoms with E-state index in [9.17, 15) is 23.1 Å². The van der Waals surface area contributed by atoms with Crippen LogP contribution in [0.4, 0.5) is 0 Å². The summed E-state index contributed by atoms with van der Waals surface area (Å²) in [5, 5.41) is 14.7. The van der Waals surface area contributed by atoms with E-state index in [0.717, 1.165) is 19.5 Å². The van der Waals surface area contributed by atoms with E-state index in [-0.39, 0.29) is 56.8 Å². The second-order valence-electron chi connectivity index (χ2n) is 21.9. The Balaban J connectivity index is 1.000. The molecule has 11 heteroatoms. The molecule has 10 atom stereocenters. The van der Waals surface area contributed by atoms with E-state index in [0.29, 0.717) is 61.9 Å². The Morgan fingerprint density at radius 3 is 2.38 bits per heavy atom. The Morgan fingerprint density at radius 2 is 1.72 bits per heavy atom. The quantitative estimate of drug-likeness (QED) is 0.188. The molecule has 0 aromatic carbocycles. The summed E-state index contributed by atoms with van der Waals surface area (Å²) in [5.41, 5.74) is 9.43. The maximum Gasteiger partial charge on any atom is 0.313 e. The van der Waals surface area contributed by atoms with Gasteiger partial charge in [0.05, 0.1) is 11.5 Å². The number of carboxylic acid groups (broad SMARTS) is 1. The van der Waals surface area contributed by atoms with Crippen molar-refractivity contribution in [2.45, 2.75) is 124 Å². The minimum Gasteiger partial charge on any atom is -0.481 e. The van der Waals surface area contributed by atoms with Crippen LogP contribution in [0.15, 0.2) is 53.8 Å². The maximum absolute atomic E-state index is 12.8. The van der Waals surface area contributed by atoms with Crippen molar-refractivity contribution in [2.24, 2.45) is 62.4 Å². The van der Waals surface area contributed by atoms with Crippen molar-refractivity contribution in [1.29, 1.82) is 0 Å². The summed E-state index contributed by atoms with van der Waals surface area (Å²) in [6.07, 6.45) is 18.7. The van der Waals surface area contributed by atoms with E-state index in [1.807, 2.05) is 0 Å². The van der Waals surface area contributed by atoms with Gasteiger partial charge >= 0.3 is 5.97 Å². The first-order chi connectivity index (χ1) is 28.2. The number of carbonyl (C=O) groups excluding carboxylic acids is 1. The van der Waals surface area contributed by atoms with E-state index >= 15 is 0 Å². The lowest BCUT2D eigenvalue weighted by Crippen LogP contribution is -2.68. The highest BCUT2D eigenvalue weighted by molar-refractivity contribution is 7.91. The number of primary amides is 1. The van der Waals surface area contributed by atoms with Gasteiger partial charge in [0, 0.05) is 49.5 Å². The van der Waals surface area contributed by atoms with Gasteiger partial charge in [-0.1, -0.05) is 58.9 Å². The predicted molar refractivity (Wildman–Crippen MR) is 236 cm³/mol. The van der Waals surface area contributed by atoms with E-state index in [4.69, 9.17) is 10.5 Å². The van der Waals surface area contributed by atoms with E-state index in [1.54, 1.807) is 0 Å². The van der Waals surface area contributed by atoms with Crippen molar-refractivity contribution in [3.63, 3.8) is 0 Å². The lowest BCUT2D eigenvalue weighted by atomic mass is 9.33. The Labute approximate surface area is 359 Å². The Kier molecular flexibility index (Phi) is 11.2. The SMILES string of the molecule is C=C(C)C1CC[C@]2(NCCN3CCS(=O)(=O)CC3)CC[C@]3(C)[C@H](CC[C@@H]4[C@@]5(C)CC=C(C6=CC[C@@](COc7cc(C(N)=O)ccn7)(C(=O)O)CC6)C(C)(C)[C@@H]5CC[C@]43C)[C@@H]12. The number of ether oxygens (including phenoxy) is 1. The molecule has 1 aliphatic heterocycles. The van der Waals surface area contributed by atoms with Gasteiger partial charge in [0.25, 0.3) is 0 Å². The second-order valence-corrected chi connectivity index (χ2v) is 24.2. The topological polar surface area (TPSA) is 152 Å². The molecule has 1 saturated heterocycles. The predicted octanol–water partition coefficient (Wildman–Crippen LogP) is 8.01. The molecule has 1 aromatic rings. The number of aromatic nitrogens is 1. The van der Waals surface area contributed by atoms with Gasteiger partial charge in [0.1, 0.15) is 12.0 Å². The van der Waals surface area contributed by atoms with Crippen molar-refractivity contribution >= 4 is 21.7 Å². The zero-order chi connectivity index (χ0) is 43.1. The number of nitrogens with zero attached hydrogens (tertiary/aromatic N) is 2. The first kappa shape index (κ1) is 43.6. The zero-order valence-electron chi connectivity index (χ0n) is 37.3. The van der Waals surface area contributed by atoms with Crippen LogP contribution in [0.2, 0.25) is 0 Å². The van der Waals surface area contributed by atoms with E-state index < -0.39 is 27.1 Å². The third-order valence-corrected chi connectivity index (χ3v) is 20.5. The highest BCUT2D eigenvalue weighted by Gasteiger charge is 2.70. The number of carbonyl (C=O) groups is 2. The monoisotopic (exact) mass is 845 g/mol. The number of nitrogens with one attached hydrogen (secondary N) is 1. The number of fused-ring (bicyclic) bond motifs is 7. The average Bonchev–Trinajstić information content (AvgIpc) is 3.58. The molecule has 1 aromatic heterocycles. The van der Waals surface area contributed by atoms with Gasteiger partial charge in [0.2, 0.25) is 11.8 Å². The summed E-state index contributed by atoms with van der Waals surface area (Å²) in [5.74, 6) is 2.23. The first-order valence-electron chi connectivity index (χ1n) is 23.1. The van der Waals surface area contributed by atoms with Gasteiger partial charge in [-0.3, -0.25) is 9.59 Å². The van der Waals surface area contributed by atoms with Crippen LogP contribution in [-0.2, 0) is 14.6 Å². The van der Waals surface area contributed by atoms with Crippen LogP contribution in [0.25, 0.3) is 0 Å². The molecule has 7 aliphatic rings.